The molecular weight excluding hydrogens is 1440 g/mol. The van der Waals surface area contributed by atoms with E-state index in [4.69, 9.17) is 75.8 Å². The number of hydrogen-bond acceptors (Lipinski definition) is 42. The van der Waals surface area contributed by atoms with Crippen LogP contribution in [0.1, 0.15) is 26.2 Å². The molecule has 42 nitrogen and oxygen atoms in total. The summed E-state index contributed by atoms with van der Waals surface area (Å²) in [4.78, 5) is 48.7. The molecule has 0 aromatic heterocycles. The lowest BCUT2D eigenvalue weighted by Crippen LogP contribution is -2.68. The first-order valence-electron chi connectivity index (χ1n) is 33.2. The highest BCUT2D eigenvalue weighted by Gasteiger charge is 2.60. The number of carboxylic acids is 2. The number of aliphatic hydroxyl groups is 19. The Labute approximate surface area is 595 Å². The zero-order valence-electron chi connectivity index (χ0n) is 55.5. The summed E-state index contributed by atoms with van der Waals surface area (Å²) in [6.45, 7) is -3.91. The van der Waals surface area contributed by atoms with Crippen molar-refractivity contribution in [3.63, 3.8) is 0 Å². The van der Waals surface area contributed by atoms with Crippen LogP contribution >= 0.6 is 23.5 Å². The summed E-state index contributed by atoms with van der Waals surface area (Å²) in [5.41, 5.74) is 0. The quantitative estimate of drug-likeness (QED) is 0.0340. The van der Waals surface area contributed by atoms with Crippen molar-refractivity contribution in [2.45, 2.75) is 247 Å². The fourth-order valence-electron chi connectivity index (χ4n) is 12.6. The van der Waals surface area contributed by atoms with Gasteiger partial charge in [0.15, 0.2) is 44.0 Å². The predicted molar refractivity (Wildman–Crippen MR) is 332 cm³/mol. The van der Waals surface area contributed by atoms with E-state index in [2.05, 4.69) is 5.32 Å². The van der Waals surface area contributed by atoms with E-state index in [9.17, 15) is 126 Å². The molecule has 21 aliphatic heterocycles. The smallest absolute Gasteiger partial charge is 0.321 e. The fraction of sp³-hybridized carbons (Fsp3) is 0.932. The minimum Gasteiger partial charge on any atom is -0.481 e. The summed E-state index contributed by atoms with van der Waals surface area (Å²) in [5.74, 6) is -6.08. The van der Waals surface area contributed by atoms with Crippen molar-refractivity contribution in [3.8, 4) is 0 Å². The molecule has 0 aliphatic carbocycles. The number of thioether (sulfide) groups is 2. The fourth-order valence-corrected chi connectivity index (χ4v) is 15.0. The van der Waals surface area contributed by atoms with Gasteiger partial charge in [-0.1, -0.05) is 0 Å². The van der Waals surface area contributed by atoms with E-state index in [1.807, 2.05) is 0 Å². The van der Waals surface area contributed by atoms with Crippen molar-refractivity contribution in [1.29, 1.82) is 0 Å². The second-order valence-electron chi connectivity index (χ2n) is 25.7. The molecule has 14 bridgehead atoms. The van der Waals surface area contributed by atoms with E-state index in [1.54, 1.807) is 0 Å². The van der Waals surface area contributed by atoms with E-state index < -0.39 is 290 Å². The second kappa shape index (κ2) is 40.0. The maximum absolute atomic E-state index is 13.0. The average Bonchev–Trinajstić information content (AvgIpc) is 0.785. The molecule has 0 aromatic carbocycles. The second-order valence-corrected chi connectivity index (χ2v) is 27.9. The van der Waals surface area contributed by atoms with Gasteiger partial charge in [-0.3, -0.25) is 19.2 Å². The van der Waals surface area contributed by atoms with Crippen molar-refractivity contribution < 1.29 is 202 Å². The highest BCUT2D eigenvalue weighted by Crippen LogP contribution is 2.40. The van der Waals surface area contributed by atoms with Crippen LogP contribution in [0.15, 0.2) is 0 Å². The normalized spacial score (nSPS) is 44.9. The highest BCUT2D eigenvalue weighted by atomic mass is 32.2. The molecule has 0 amide bonds. The van der Waals surface area contributed by atoms with Gasteiger partial charge in [0, 0.05) is 42.3 Å². The predicted octanol–water partition coefficient (Wildman–Crippen LogP) is -13.0. The van der Waals surface area contributed by atoms with Crippen LogP contribution in [0, 0.1) is 5.92 Å². The zero-order valence-corrected chi connectivity index (χ0v) is 57.2. The number of nitrogens with one attached hydrogen (secondary N) is 1. The molecule has 21 aliphatic rings. The topological polar surface area (TPSA) is 653 Å². The van der Waals surface area contributed by atoms with E-state index in [-0.39, 0.29) is 62.3 Å². The average molecular weight is 1540 g/mol. The Bertz CT molecular complexity index is 2610. The van der Waals surface area contributed by atoms with Gasteiger partial charge in [0.2, 0.25) is 0 Å². The number of carbonyl (C=O) groups excluding carboxylic acids is 2. The number of likely N-dealkylation sites (N-methyl/N-ethyl adjacent to an activating group) is 1. The van der Waals surface area contributed by atoms with Crippen molar-refractivity contribution >= 4 is 47.0 Å². The molecule has 22 N–H and O–H groups in total. The van der Waals surface area contributed by atoms with E-state index in [0.717, 1.165) is 23.5 Å². The third-order valence-corrected chi connectivity index (χ3v) is 20.9. The number of carboxylic acid groups (broad SMARTS) is 2. The summed E-state index contributed by atoms with van der Waals surface area (Å²) in [7, 11) is 1.35. The molecule has 0 aromatic rings. The van der Waals surface area contributed by atoms with Gasteiger partial charge in [-0.05, 0) is 14.0 Å². The standard InChI is InChI=1S/C59H97NO41S2/c1-19(66)3-5-86-7-8-87-6-4-21(67)9-20(51(82)83)15-102-17-28-49-35(73)42(80)58(93-28)98-47-26(13-64)89-55(38(76)31(47)69)97-46-25(12-63)92-57(41(79)34(46)72)101-50-29(18-103-16-22(60-2)52(84)85)94-59(43(81)36(50)74)99-48-27(14-65)90-54(39(77)32(48)70)95-44-23(10-61)88-53(37(75)30(44)68)96-45-24(11-62)91-56(100-49)40(78)33(45)71/h20,22-50,53-65,68-81H,3-18H2,1-2H3,(H,82,83)(H,84,85)/t20?,22?,23?,24?,25?,26?,27?,28?,29?,30-,31-,32-,33-,34-,35-,36-,37?,38?,39?,40?,41?,42?,43?,44+,45+,46+,47+,48+,49+,50+,53+,54+,55+,56+,57-,58+,59-/m1/s1. The Balaban J connectivity index is 1.08. The third-order valence-electron chi connectivity index (χ3n) is 18.6. The van der Waals surface area contributed by atoms with Crippen LogP contribution in [0.5, 0.6) is 0 Å². The zero-order chi connectivity index (χ0) is 75.4. The molecule has 596 valence electrons. The molecule has 103 heavy (non-hydrogen) atoms. The van der Waals surface area contributed by atoms with Crippen LogP contribution in [0.25, 0.3) is 0 Å². The lowest BCUT2D eigenvalue weighted by molar-refractivity contribution is -0.395. The van der Waals surface area contributed by atoms with Crippen molar-refractivity contribution in [2.75, 3.05) is 89.5 Å². The molecule has 0 radical (unpaired) electrons. The monoisotopic (exact) mass is 1540 g/mol. The summed E-state index contributed by atoms with van der Waals surface area (Å²) < 4.78 is 93.3. The van der Waals surface area contributed by atoms with Gasteiger partial charge in [0.05, 0.1) is 77.6 Å². The van der Waals surface area contributed by atoms with Crippen LogP contribution in [0.3, 0.4) is 0 Å². The molecule has 0 saturated carbocycles. The first-order valence-corrected chi connectivity index (χ1v) is 35.5. The molecule has 44 heteroatoms. The summed E-state index contributed by atoms with van der Waals surface area (Å²) >= 11 is 1.66. The number of rotatable bonds is 27. The minimum absolute atomic E-state index is 0.0645. The minimum atomic E-state index is -2.31. The SMILES string of the molecule is CNC(CSCC1O[C@@H]2O[C@H]3C(CO)O[C@@H](O[C@H]4C(CO)O[C@@H](O[C@H]5C(CO)O[C@@H](O[C@H]6C(CSCC(CC(=O)CCOCCOCCC(C)=O)C(=O)O)O[C@@H](O[C@H]7C(CO)O[C@@H](O[C@H]8C(CO)O[C@H](O[C@@H]1[C@H](O)C2O)C(O)[C@H]8O)C(O)[C@H]7O)C(O)[C@H]6O)C(O)[C@H]5O)C(O)[C@H]4O)C(O)[C@H]3O)C(=O)O. The highest BCUT2D eigenvalue weighted by molar-refractivity contribution is 7.99. The van der Waals surface area contributed by atoms with E-state index >= 15 is 0 Å². The summed E-state index contributed by atoms with van der Waals surface area (Å²) in [6.07, 6.45) is -73.1. The number of Topliss-reactive ketones (excluding diaryl/α,β-unsaturated/α-hetero) is 2. The van der Waals surface area contributed by atoms with Gasteiger partial charge < -0.3 is 188 Å². The first-order chi connectivity index (χ1) is 49.0. The molecular formula is C59H97NO41S2. The van der Waals surface area contributed by atoms with E-state index in [1.165, 1.54) is 14.0 Å². The number of hydrogen-bond donors (Lipinski definition) is 22. The van der Waals surface area contributed by atoms with Crippen LogP contribution in [0.4, 0.5) is 0 Å². The lowest BCUT2D eigenvalue weighted by Gasteiger charge is -2.50. The van der Waals surface area contributed by atoms with Crippen LogP contribution in [-0.2, 0) is 95.0 Å². The Hall–Kier alpha value is -2.46. The van der Waals surface area contributed by atoms with Gasteiger partial charge in [-0.2, -0.15) is 23.5 Å². The Kier molecular flexibility index (Phi) is 33.4. The van der Waals surface area contributed by atoms with Crippen LogP contribution in [0.2, 0.25) is 0 Å². The first kappa shape index (κ1) is 86.1. The van der Waals surface area contributed by atoms with Gasteiger partial charge in [-0.25, -0.2) is 0 Å². The Morgan fingerprint density at radius 2 is 0.602 bits per heavy atom. The lowest BCUT2D eigenvalue weighted by atomic mass is 9.95. The third kappa shape index (κ3) is 21.0. The maximum atomic E-state index is 13.0. The molecule has 37 atom stereocenters. The number of aliphatic carboxylic acids is 2. The van der Waals surface area contributed by atoms with Gasteiger partial charge in [0.25, 0.3) is 0 Å². The van der Waals surface area contributed by atoms with Crippen molar-refractivity contribution in [3.05, 3.63) is 0 Å². The number of carbonyl (C=O) groups is 4. The molecule has 21 fully saturated rings. The Morgan fingerprint density at radius 1 is 0.350 bits per heavy atom. The largest absolute Gasteiger partial charge is 0.481 e. The molecule has 21 heterocycles. The molecule has 16 unspecified atom stereocenters. The van der Waals surface area contributed by atoms with Crippen molar-refractivity contribution in [2.24, 2.45) is 5.92 Å². The van der Waals surface area contributed by atoms with Crippen LogP contribution in [-0.4, -0.2) is 441 Å². The molecule has 21 saturated heterocycles. The van der Waals surface area contributed by atoms with Gasteiger partial charge >= 0.3 is 11.9 Å². The summed E-state index contributed by atoms with van der Waals surface area (Å²) in [6, 6.07) is -1.18. The van der Waals surface area contributed by atoms with Crippen LogP contribution < -0.4 is 5.32 Å². The number of ether oxygens (including phenoxy) is 16. The maximum Gasteiger partial charge on any atom is 0.321 e. The van der Waals surface area contributed by atoms with Gasteiger partial charge in [0.1, 0.15) is 176 Å². The summed E-state index contributed by atoms with van der Waals surface area (Å²) in [5, 5.41) is 239. The Morgan fingerprint density at radius 3 is 0.845 bits per heavy atom. The van der Waals surface area contributed by atoms with Gasteiger partial charge in [-0.15, -0.1) is 0 Å². The van der Waals surface area contributed by atoms with E-state index in [0.29, 0.717) is 0 Å². The van der Waals surface area contributed by atoms with Crippen molar-refractivity contribution in [1.82, 2.24) is 5.32 Å². The molecule has 0 spiro atoms. The number of aliphatic hydroxyl groups excluding tert-OH is 19. The number of ketones is 2. The molecule has 21 rings (SSSR count).